The van der Waals surface area contributed by atoms with Gasteiger partial charge in [-0.15, -0.1) is 0 Å². The van der Waals surface area contributed by atoms with E-state index in [4.69, 9.17) is 11.6 Å². The molecule has 94 valence electrons. The van der Waals surface area contributed by atoms with Crippen molar-refractivity contribution in [2.45, 2.75) is 6.67 Å². The van der Waals surface area contributed by atoms with Crippen LogP contribution >= 0.6 is 11.6 Å². The number of benzene rings is 1. The lowest BCUT2D eigenvalue weighted by Crippen LogP contribution is -3.00. The second kappa shape index (κ2) is 6.99. The van der Waals surface area contributed by atoms with Gasteiger partial charge in [-0.25, -0.2) is 0 Å². The molecule has 18 heavy (non-hydrogen) atoms. The van der Waals surface area contributed by atoms with Crippen molar-refractivity contribution in [2.24, 2.45) is 0 Å². The number of hydrogen-bond acceptors (Lipinski definition) is 1. The summed E-state index contributed by atoms with van der Waals surface area (Å²) in [5.74, 6) is -0.113. The molecule has 2 rings (SSSR count). The second-order valence-corrected chi connectivity index (χ2v) is 4.00. The Bertz CT molecular complexity index is 500. The van der Waals surface area contributed by atoms with Gasteiger partial charge in [0.05, 0.1) is 0 Å². The molecule has 1 aromatic heterocycles. The van der Waals surface area contributed by atoms with Crippen molar-refractivity contribution in [3.05, 3.63) is 65.4 Å². The summed E-state index contributed by atoms with van der Waals surface area (Å²) in [4.78, 5) is 11.8. The number of carbonyl (C=O) groups excluding carboxylic acids is 1. The fourth-order valence-electron chi connectivity index (χ4n) is 1.41. The van der Waals surface area contributed by atoms with E-state index in [1.807, 2.05) is 35.2 Å². The maximum atomic E-state index is 11.8. The predicted molar refractivity (Wildman–Crippen MR) is 65.6 cm³/mol. The predicted octanol–water partition coefficient (Wildman–Crippen LogP) is -0.981. The number of carbonyl (C=O) groups is 1. The van der Waals surface area contributed by atoms with Crippen LogP contribution in [0.2, 0.25) is 5.02 Å². The summed E-state index contributed by atoms with van der Waals surface area (Å²) in [6, 6.07) is 12.6. The molecule has 0 atom stereocenters. The minimum absolute atomic E-state index is 0. The van der Waals surface area contributed by atoms with Gasteiger partial charge in [0.25, 0.3) is 5.91 Å². The molecule has 5 heteroatoms. The summed E-state index contributed by atoms with van der Waals surface area (Å²) in [7, 11) is 0. The molecule has 0 unspecified atom stereocenters. The third-order valence-electron chi connectivity index (χ3n) is 2.31. The minimum Gasteiger partial charge on any atom is -1.00 e. The zero-order chi connectivity index (χ0) is 12.1. The Kier molecular flexibility index (Phi) is 5.62. The number of nitrogens with one attached hydrogen (secondary N) is 1. The lowest BCUT2D eigenvalue weighted by atomic mass is 10.2. The molecule has 0 bridgehead atoms. The van der Waals surface area contributed by atoms with Crippen LogP contribution in [0.25, 0.3) is 0 Å². The van der Waals surface area contributed by atoms with Crippen LogP contribution in [0.15, 0.2) is 54.9 Å². The Hall–Kier alpha value is -1.58. The molecule has 0 saturated carbocycles. The first-order valence-electron chi connectivity index (χ1n) is 5.23. The lowest BCUT2D eigenvalue weighted by molar-refractivity contribution is -0.699. The molecule has 0 spiro atoms. The maximum absolute atomic E-state index is 11.8. The van der Waals surface area contributed by atoms with E-state index in [9.17, 15) is 4.79 Å². The highest BCUT2D eigenvalue weighted by atomic mass is 35.5. The Balaban J connectivity index is 0.00000162. The maximum Gasteiger partial charge on any atom is 0.256 e. The van der Waals surface area contributed by atoms with E-state index >= 15 is 0 Å². The number of rotatable bonds is 3. The van der Waals surface area contributed by atoms with Crippen molar-refractivity contribution in [1.29, 1.82) is 0 Å². The Morgan fingerprint density at radius 1 is 1.11 bits per heavy atom. The van der Waals surface area contributed by atoms with E-state index in [2.05, 4.69) is 5.32 Å². The van der Waals surface area contributed by atoms with Gasteiger partial charge in [0.2, 0.25) is 6.67 Å². The number of aromatic nitrogens is 1. The third-order valence-corrected chi connectivity index (χ3v) is 2.56. The lowest BCUT2D eigenvalue weighted by Gasteiger charge is -2.02. The first kappa shape index (κ1) is 14.5. The van der Waals surface area contributed by atoms with Gasteiger partial charge >= 0.3 is 0 Å². The largest absolute Gasteiger partial charge is 1.00 e. The Labute approximate surface area is 117 Å². The van der Waals surface area contributed by atoms with Gasteiger partial charge in [0.15, 0.2) is 12.4 Å². The van der Waals surface area contributed by atoms with Crippen LogP contribution in [0.4, 0.5) is 0 Å². The normalized spacial score (nSPS) is 9.39. The molecule has 1 aromatic carbocycles. The van der Waals surface area contributed by atoms with Gasteiger partial charge < -0.3 is 12.4 Å². The molecule has 1 N–H and O–H groups in total. The van der Waals surface area contributed by atoms with E-state index < -0.39 is 0 Å². The topological polar surface area (TPSA) is 33.0 Å². The summed E-state index contributed by atoms with van der Waals surface area (Å²) < 4.78 is 1.88. The van der Waals surface area contributed by atoms with Crippen LogP contribution in [0, 0.1) is 0 Å². The minimum atomic E-state index is -0.113. The number of pyridine rings is 1. The van der Waals surface area contributed by atoms with Crippen molar-refractivity contribution >= 4 is 17.5 Å². The monoisotopic (exact) mass is 282 g/mol. The fraction of sp³-hybridized carbons (Fsp3) is 0.0769. The van der Waals surface area contributed by atoms with Crippen LogP contribution in [-0.2, 0) is 6.67 Å². The zero-order valence-corrected chi connectivity index (χ0v) is 11.0. The van der Waals surface area contributed by atoms with Gasteiger partial charge in [-0.05, 0) is 24.3 Å². The second-order valence-electron chi connectivity index (χ2n) is 3.56. The molecule has 0 aliphatic heterocycles. The fourth-order valence-corrected chi connectivity index (χ4v) is 1.53. The Morgan fingerprint density at radius 2 is 1.72 bits per heavy atom. The SMILES string of the molecule is O=C(NC[n+]1ccccc1)c1ccc(Cl)cc1.[Cl-]. The quantitative estimate of drug-likeness (QED) is 0.722. The van der Waals surface area contributed by atoms with Gasteiger partial charge in [-0.3, -0.25) is 10.1 Å². The first-order chi connectivity index (χ1) is 8.25. The van der Waals surface area contributed by atoms with E-state index in [0.29, 0.717) is 17.3 Å². The standard InChI is InChI=1S/C13H11ClN2O.ClH/c14-12-6-4-11(5-7-12)13(17)15-10-16-8-2-1-3-9-16;/h1-9H,10H2;1H. The average Bonchev–Trinajstić information content (AvgIpc) is 2.38. The molecule has 1 amide bonds. The highest BCUT2D eigenvalue weighted by molar-refractivity contribution is 6.30. The zero-order valence-electron chi connectivity index (χ0n) is 9.51. The van der Waals surface area contributed by atoms with Gasteiger partial charge in [-0.1, -0.05) is 17.7 Å². The summed E-state index contributed by atoms with van der Waals surface area (Å²) >= 11 is 5.75. The van der Waals surface area contributed by atoms with Crippen LogP contribution in [0.3, 0.4) is 0 Å². The van der Waals surface area contributed by atoms with E-state index in [0.717, 1.165) is 0 Å². The van der Waals surface area contributed by atoms with Gasteiger partial charge in [0.1, 0.15) is 0 Å². The molecule has 0 fully saturated rings. The summed E-state index contributed by atoms with van der Waals surface area (Å²) in [5, 5.41) is 3.44. The number of halogens is 2. The van der Waals surface area contributed by atoms with E-state index in [1.165, 1.54) is 0 Å². The first-order valence-corrected chi connectivity index (χ1v) is 5.61. The van der Waals surface area contributed by atoms with E-state index in [1.54, 1.807) is 24.3 Å². The highest BCUT2D eigenvalue weighted by Crippen LogP contribution is 2.08. The number of nitrogens with zero attached hydrogens (tertiary/aromatic N) is 1. The third kappa shape index (κ3) is 4.02. The number of hydrogen-bond donors (Lipinski definition) is 1. The molecule has 0 aliphatic carbocycles. The molecule has 3 nitrogen and oxygen atoms in total. The summed E-state index contributed by atoms with van der Waals surface area (Å²) in [6.07, 6.45) is 3.78. The molecule has 2 aromatic rings. The van der Waals surface area contributed by atoms with Crippen molar-refractivity contribution in [3.8, 4) is 0 Å². The molecule has 0 radical (unpaired) electrons. The van der Waals surface area contributed by atoms with Crippen molar-refractivity contribution in [1.82, 2.24) is 5.32 Å². The van der Waals surface area contributed by atoms with Crippen molar-refractivity contribution in [3.63, 3.8) is 0 Å². The molecular formula is C13H12Cl2N2O. The van der Waals surface area contributed by atoms with Crippen molar-refractivity contribution < 1.29 is 21.8 Å². The van der Waals surface area contributed by atoms with Gasteiger partial charge in [-0.2, -0.15) is 4.57 Å². The van der Waals surface area contributed by atoms with Crippen LogP contribution < -0.4 is 22.3 Å². The van der Waals surface area contributed by atoms with E-state index in [-0.39, 0.29) is 18.3 Å². The molecule has 0 saturated heterocycles. The highest BCUT2D eigenvalue weighted by Gasteiger charge is 2.06. The Morgan fingerprint density at radius 3 is 2.33 bits per heavy atom. The summed E-state index contributed by atoms with van der Waals surface area (Å²) in [6.45, 7) is 0.447. The number of amides is 1. The molecular weight excluding hydrogens is 271 g/mol. The van der Waals surface area contributed by atoms with Crippen LogP contribution in [0.5, 0.6) is 0 Å². The van der Waals surface area contributed by atoms with Crippen molar-refractivity contribution in [2.75, 3.05) is 0 Å². The average molecular weight is 283 g/mol. The molecule has 0 aliphatic rings. The summed E-state index contributed by atoms with van der Waals surface area (Å²) in [5.41, 5.74) is 0.603. The van der Waals surface area contributed by atoms with Crippen LogP contribution in [-0.4, -0.2) is 5.91 Å². The smallest absolute Gasteiger partial charge is 0.256 e. The molecule has 1 heterocycles. The van der Waals surface area contributed by atoms with Gasteiger partial charge in [0, 0.05) is 22.7 Å². The van der Waals surface area contributed by atoms with Crippen LogP contribution in [0.1, 0.15) is 10.4 Å².